The molecular formula is C11H14N2O6S. The summed E-state index contributed by atoms with van der Waals surface area (Å²) in [6.45, 7) is 3.67. The largest absolute Gasteiger partial charge is 0.492 e. The number of nitrogens with zero attached hydrogens (tertiary/aromatic N) is 1. The van der Waals surface area contributed by atoms with Gasteiger partial charge in [0.15, 0.2) is 11.5 Å². The van der Waals surface area contributed by atoms with Crippen molar-refractivity contribution in [1.82, 2.24) is 0 Å². The van der Waals surface area contributed by atoms with Gasteiger partial charge in [0.1, 0.15) is 4.90 Å². The quantitative estimate of drug-likeness (QED) is 0.349. The molecule has 0 aliphatic rings. The number of hydrogen-bond acceptors (Lipinski definition) is 6. The number of primary sulfonamides is 1. The summed E-state index contributed by atoms with van der Waals surface area (Å²) in [4.78, 5) is 9.58. The predicted octanol–water partition coefficient (Wildman–Crippen LogP) is 1.21. The average Bonchev–Trinajstić information content (AvgIpc) is 2.36. The van der Waals surface area contributed by atoms with Gasteiger partial charge in [0.05, 0.1) is 24.7 Å². The van der Waals surface area contributed by atoms with E-state index in [1.807, 2.05) is 0 Å². The van der Waals surface area contributed by atoms with Crippen LogP contribution in [0, 0.1) is 10.1 Å². The van der Waals surface area contributed by atoms with Crippen molar-refractivity contribution >= 4 is 15.7 Å². The van der Waals surface area contributed by atoms with Crippen molar-refractivity contribution in [2.45, 2.75) is 11.3 Å². The molecule has 20 heavy (non-hydrogen) atoms. The first kappa shape index (κ1) is 15.9. The van der Waals surface area contributed by atoms with Crippen LogP contribution in [0.25, 0.3) is 0 Å². The number of benzene rings is 1. The van der Waals surface area contributed by atoms with Crippen molar-refractivity contribution in [1.29, 1.82) is 0 Å². The second kappa shape index (κ2) is 6.35. The maximum Gasteiger partial charge on any atom is 0.274 e. The third-order valence-corrected chi connectivity index (χ3v) is 3.22. The van der Waals surface area contributed by atoms with Gasteiger partial charge in [-0.05, 0) is 6.42 Å². The van der Waals surface area contributed by atoms with E-state index in [4.69, 9.17) is 14.6 Å². The van der Waals surface area contributed by atoms with Crippen molar-refractivity contribution in [3.05, 3.63) is 34.9 Å². The highest BCUT2D eigenvalue weighted by Gasteiger charge is 2.24. The molecule has 0 aliphatic carbocycles. The molecule has 0 unspecified atom stereocenters. The zero-order chi connectivity index (χ0) is 15.3. The Morgan fingerprint density at radius 3 is 2.60 bits per heavy atom. The second-order valence-corrected chi connectivity index (χ2v) is 5.23. The molecule has 1 aromatic rings. The van der Waals surface area contributed by atoms with Gasteiger partial charge in [-0.2, -0.15) is 0 Å². The first-order valence-corrected chi connectivity index (χ1v) is 6.98. The minimum atomic E-state index is -4.18. The third kappa shape index (κ3) is 3.68. The Labute approximate surface area is 116 Å². The van der Waals surface area contributed by atoms with Crippen molar-refractivity contribution in [3.63, 3.8) is 0 Å². The van der Waals surface area contributed by atoms with Crippen LogP contribution in [0.3, 0.4) is 0 Å². The van der Waals surface area contributed by atoms with Crippen molar-refractivity contribution in [3.8, 4) is 11.5 Å². The van der Waals surface area contributed by atoms with Gasteiger partial charge in [-0.25, -0.2) is 13.6 Å². The zero-order valence-electron chi connectivity index (χ0n) is 10.7. The summed E-state index contributed by atoms with van der Waals surface area (Å²) in [7, 11) is -2.97. The van der Waals surface area contributed by atoms with Gasteiger partial charge in [0.2, 0.25) is 10.0 Å². The Bertz CT molecular complexity index is 626. The molecule has 0 fully saturated rings. The van der Waals surface area contributed by atoms with Crippen LogP contribution in [-0.4, -0.2) is 27.1 Å². The van der Waals surface area contributed by atoms with Crippen LogP contribution in [0.15, 0.2) is 29.7 Å². The van der Waals surface area contributed by atoms with E-state index in [-0.39, 0.29) is 18.1 Å². The second-order valence-electron chi connectivity index (χ2n) is 3.70. The minimum absolute atomic E-state index is 0.0624. The molecule has 0 aromatic heterocycles. The molecule has 1 rings (SSSR count). The number of sulfonamides is 1. The van der Waals surface area contributed by atoms with Crippen LogP contribution in [0.5, 0.6) is 11.5 Å². The molecule has 8 nitrogen and oxygen atoms in total. The fourth-order valence-corrected chi connectivity index (χ4v) is 2.17. The number of hydrogen-bond donors (Lipinski definition) is 1. The summed E-state index contributed by atoms with van der Waals surface area (Å²) in [5.41, 5.74) is -0.455. The topological polar surface area (TPSA) is 122 Å². The highest BCUT2D eigenvalue weighted by molar-refractivity contribution is 7.89. The molecule has 0 saturated heterocycles. The lowest BCUT2D eigenvalue weighted by atomic mass is 10.2. The Balaban J connectivity index is 3.42. The molecule has 0 aliphatic heterocycles. The standard InChI is InChI=1S/C11H14N2O6S/c1-3-4-5-19-9-6-8(13(14)15)7-10(11(9)18-2)20(12,16)17/h3,6-7H,1,4-5H2,2H3,(H2,12,16,17). The summed E-state index contributed by atoms with van der Waals surface area (Å²) in [5, 5.41) is 15.8. The van der Waals surface area contributed by atoms with Crippen LogP contribution >= 0.6 is 0 Å². The van der Waals surface area contributed by atoms with Crippen molar-refractivity contribution in [2.24, 2.45) is 5.14 Å². The molecule has 0 amide bonds. The zero-order valence-corrected chi connectivity index (χ0v) is 11.6. The Morgan fingerprint density at radius 2 is 2.15 bits per heavy atom. The number of methoxy groups -OCH3 is 1. The number of nitrogens with two attached hydrogens (primary N) is 1. The van der Waals surface area contributed by atoms with E-state index in [1.54, 1.807) is 6.08 Å². The van der Waals surface area contributed by atoms with Crippen LogP contribution < -0.4 is 14.6 Å². The molecular weight excluding hydrogens is 288 g/mol. The van der Waals surface area contributed by atoms with E-state index >= 15 is 0 Å². The highest BCUT2D eigenvalue weighted by Crippen LogP contribution is 2.37. The van der Waals surface area contributed by atoms with Gasteiger partial charge in [-0.15, -0.1) is 6.58 Å². The summed E-state index contributed by atoms with van der Waals surface area (Å²) in [6.07, 6.45) is 2.07. The highest BCUT2D eigenvalue weighted by atomic mass is 32.2. The molecule has 9 heteroatoms. The minimum Gasteiger partial charge on any atom is -0.492 e. The van der Waals surface area contributed by atoms with E-state index in [9.17, 15) is 18.5 Å². The van der Waals surface area contributed by atoms with Crippen molar-refractivity contribution in [2.75, 3.05) is 13.7 Å². The molecule has 0 saturated carbocycles. The summed E-state index contributed by atoms with van der Waals surface area (Å²) in [6, 6.07) is 1.91. The average molecular weight is 302 g/mol. The van der Waals surface area contributed by atoms with E-state index in [0.29, 0.717) is 6.42 Å². The maximum absolute atomic E-state index is 11.5. The van der Waals surface area contributed by atoms with Gasteiger partial charge in [-0.1, -0.05) is 6.08 Å². The monoisotopic (exact) mass is 302 g/mol. The van der Waals surface area contributed by atoms with Gasteiger partial charge < -0.3 is 9.47 Å². The number of nitro groups is 1. The maximum atomic E-state index is 11.5. The lowest BCUT2D eigenvalue weighted by molar-refractivity contribution is -0.385. The van der Waals surface area contributed by atoms with Gasteiger partial charge in [0.25, 0.3) is 5.69 Å². The number of rotatable bonds is 7. The first-order valence-electron chi connectivity index (χ1n) is 5.44. The molecule has 2 N–H and O–H groups in total. The van der Waals surface area contributed by atoms with Crippen LogP contribution in [0.1, 0.15) is 6.42 Å². The summed E-state index contributed by atoms with van der Waals surface area (Å²) < 4.78 is 33.2. The number of nitro benzene ring substituents is 1. The predicted molar refractivity (Wildman–Crippen MR) is 71.3 cm³/mol. The van der Waals surface area contributed by atoms with Gasteiger partial charge >= 0.3 is 0 Å². The molecule has 1 aromatic carbocycles. The molecule has 110 valence electrons. The normalized spacial score (nSPS) is 10.9. The van der Waals surface area contributed by atoms with Crippen LogP contribution in [0.2, 0.25) is 0 Å². The Kier molecular flexibility index (Phi) is 5.06. The summed E-state index contributed by atoms with van der Waals surface area (Å²) in [5.74, 6) is -0.227. The molecule has 0 heterocycles. The smallest absolute Gasteiger partial charge is 0.274 e. The fourth-order valence-electron chi connectivity index (χ4n) is 1.44. The van der Waals surface area contributed by atoms with Crippen LogP contribution in [-0.2, 0) is 10.0 Å². The van der Waals surface area contributed by atoms with E-state index in [2.05, 4.69) is 6.58 Å². The molecule has 0 spiro atoms. The number of non-ortho nitro benzene ring substituents is 1. The molecule has 0 radical (unpaired) electrons. The van der Waals surface area contributed by atoms with Crippen molar-refractivity contribution < 1.29 is 22.8 Å². The van der Waals surface area contributed by atoms with Gasteiger partial charge in [0, 0.05) is 6.07 Å². The van der Waals surface area contributed by atoms with E-state index in [0.717, 1.165) is 12.1 Å². The lowest BCUT2D eigenvalue weighted by Crippen LogP contribution is -2.14. The third-order valence-electron chi connectivity index (χ3n) is 2.31. The summed E-state index contributed by atoms with van der Waals surface area (Å²) >= 11 is 0. The lowest BCUT2D eigenvalue weighted by Gasteiger charge is -2.13. The molecule has 0 atom stereocenters. The molecule has 0 bridgehead atoms. The van der Waals surface area contributed by atoms with E-state index in [1.165, 1.54) is 7.11 Å². The SMILES string of the molecule is C=CCCOc1cc([N+](=O)[O-])cc(S(N)(=O)=O)c1OC. The van der Waals surface area contributed by atoms with Crippen LogP contribution in [0.4, 0.5) is 5.69 Å². The Morgan fingerprint density at radius 1 is 1.50 bits per heavy atom. The van der Waals surface area contributed by atoms with E-state index < -0.39 is 25.5 Å². The number of ether oxygens (including phenoxy) is 2. The Hall–Kier alpha value is -2.13. The fraction of sp³-hybridized carbons (Fsp3) is 0.273. The first-order chi connectivity index (χ1) is 9.31. The van der Waals surface area contributed by atoms with Gasteiger partial charge in [-0.3, -0.25) is 10.1 Å².